The maximum Gasteiger partial charge on any atom is 0.408 e. The molecule has 1 aromatic heterocycles. The number of ether oxygens (including phenoxy) is 1. The Morgan fingerprint density at radius 2 is 2.30 bits per heavy atom. The highest BCUT2D eigenvalue weighted by Crippen LogP contribution is 2.40. The van der Waals surface area contributed by atoms with Gasteiger partial charge in [-0.1, -0.05) is 17.3 Å². The molecule has 4 rings (SSSR count). The van der Waals surface area contributed by atoms with E-state index in [0.717, 1.165) is 24.0 Å². The Kier molecular flexibility index (Phi) is 2.19. The van der Waals surface area contributed by atoms with Crippen molar-refractivity contribution in [2.75, 3.05) is 6.61 Å². The maximum atomic E-state index is 11.3. The molecule has 1 aromatic carbocycles. The van der Waals surface area contributed by atoms with Crippen molar-refractivity contribution >= 4 is 6.09 Å². The highest BCUT2D eigenvalue weighted by Gasteiger charge is 2.45. The number of alkyl carbamates (subject to hydrolysis) is 1. The summed E-state index contributed by atoms with van der Waals surface area (Å²) < 4.78 is 10.1. The normalized spacial score (nSPS) is 23.8. The zero-order chi connectivity index (χ0) is 13.7. The second-order valence-corrected chi connectivity index (χ2v) is 5.29. The van der Waals surface area contributed by atoms with E-state index in [1.807, 2.05) is 12.1 Å². The molecule has 102 valence electrons. The van der Waals surface area contributed by atoms with Gasteiger partial charge in [-0.05, 0) is 30.0 Å². The standard InChI is InChI=1S/C14H13N3O3/c1-8-15-12(17-20-8)10-2-3-11-9(6-10)4-5-14(11)7-19-13(18)16-14/h2-3,6H,4-5,7H2,1H3,(H,16,18)/t14-/m0/s1. The van der Waals surface area contributed by atoms with Gasteiger partial charge in [0.1, 0.15) is 12.1 Å². The van der Waals surface area contributed by atoms with Gasteiger partial charge >= 0.3 is 6.09 Å². The minimum atomic E-state index is -0.349. The number of hydrogen-bond donors (Lipinski definition) is 1. The molecule has 2 heterocycles. The predicted octanol–water partition coefficient (Wildman–Crippen LogP) is 1.93. The van der Waals surface area contributed by atoms with E-state index < -0.39 is 0 Å². The van der Waals surface area contributed by atoms with Crippen molar-refractivity contribution in [3.63, 3.8) is 0 Å². The number of nitrogens with one attached hydrogen (secondary N) is 1. The average Bonchev–Trinajstić information content (AvgIpc) is 3.12. The van der Waals surface area contributed by atoms with Crippen molar-refractivity contribution in [1.82, 2.24) is 15.5 Å². The van der Waals surface area contributed by atoms with Crippen LogP contribution >= 0.6 is 0 Å². The monoisotopic (exact) mass is 271 g/mol. The van der Waals surface area contributed by atoms with Crippen LogP contribution in [0.15, 0.2) is 22.7 Å². The van der Waals surface area contributed by atoms with E-state index in [-0.39, 0.29) is 11.6 Å². The third-order valence-electron chi connectivity index (χ3n) is 4.02. The average molecular weight is 271 g/mol. The second-order valence-electron chi connectivity index (χ2n) is 5.29. The Morgan fingerprint density at radius 1 is 1.40 bits per heavy atom. The summed E-state index contributed by atoms with van der Waals surface area (Å²) in [7, 11) is 0. The molecule has 1 atom stereocenters. The summed E-state index contributed by atoms with van der Waals surface area (Å²) in [5, 5.41) is 6.87. The van der Waals surface area contributed by atoms with Crippen LogP contribution in [0.3, 0.4) is 0 Å². The summed E-state index contributed by atoms with van der Waals surface area (Å²) in [4.78, 5) is 15.6. The molecule has 6 nitrogen and oxygen atoms in total. The number of carbonyl (C=O) groups is 1. The highest BCUT2D eigenvalue weighted by atomic mass is 16.6. The number of aromatic nitrogens is 2. The van der Waals surface area contributed by atoms with Crippen LogP contribution < -0.4 is 5.32 Å². The lowest BCUT2D eigenvalue weighted by Gasteiger charge is -2.21. The molecule has 1 saturated heterocycles. The Balaban J connectivity index is 1.75. The van der Waals surface area contributed by atoms with E-state index in [4.69, 9.17) is 9.26 Å². The first-order chi connectivity index (χ1) is 9.66. The first kappa shape index (κ1) is 11.5. The number of rotatable bonds is 1. The van der Waals surface area contributed by atoms with Crippen molar-refractivity contribution in [1.29, 1.82) is 0 Å². The van der Waals surface area contributed by atoms with E-state index in [9.17, 15) is 4.79 Å². The number of amides is 1. The molecule has 2 aromatic rings. The number of carbonyl (C=O) groups excluding carboxylic acids is 1. The van der Waals surface area contributed by atoms with Crippen LogP contribution in [0, 0.1) is 6.92 Å². The topological polar surface area (TPSA) is 77.2 Å². The lowest BCUT2D eigenvalue weighted by Crippen LogP contribution is -2.38. The zero-order valence-corrected chi connectivity index (χ0v) is 11.0. The maximum absolute atomic E-state index is 11.3. The molecule has 0 radical (unpaired) electrons. The molecule has 2 aliphatic rings. The highest BCUT2D eigenvalue weighted by molar-refractivity contribution is 5.72. The largest absolute Gasteiger partial charge is 0.447 e. The number of cyclic esters (lactones) is 1. The van der Waals surface area contributed by atoms with Gasteiger partial charge in [0.05, 0.1) is 0 Å². The molecule has 6 heteroatoms. The number of benzene rings is 1. The zero-order valence-electron chi connectivity index (χ0n) is 11.0. The molecule has 0 saturated carbocycles. The van der Waals surface area contributed by atoms with Gasteiger partial charge in [-0.3, -0.25) is 0 Å². The summed E-state index contributed by atoms with van der Waals surface area (Å²) >= 11 is 0. The quantitative estimate of drug-likeness (QED) is 0.857. The van der Waals surface area contributed by atoms with Crippen molar-refractivity contribution in [2.45, 2.75) is 25.3 Å². The van der Waals surface area contributed by atoms with E-state index in [2.05, 4.69) is 21.5 Å². The van der Waals surface area contributed by atoms with E-state index >= 15 is 0 Å². The summed E-state index contributed by atoms with van der Waals surface area (Å²) in [6, 6.07) is 6.05. The fourth-order valence-corrected chi connectivity index (χ4v) is 3.04. The van der Waals surface area contributed by atoms with Gasteiger partial charge in [-0.15, -0.1) is 0 Å². The van der Waals surface area contributed by atoms with Crippen LogP contribution in [0.25, 0.3) is 11.4 Å². The van der Waals surface area contributed by atoms with Crippen LogP contribution in [-0.4, -0.2) is 22.8 Å². The van der Waals surface area contributed by atoms with Gasteiger partial charge in [0.2, 0.25) is 11.7 Å². The van der Waals surface area contributed by atoms with Crippen molar-refractivity contribution in [2.24, 2.45) is 0 Å². The summed E-state index contributed by atoms with van der Waals surface area (Å²) in [6.45, 7) is 2.17. The summed E-state index contributed by atoms with van der Waals surface area (Å²) in [5.41, 5.74) is 2.92. The van der Waals surface area contributed by atoms with Crippen molar-refractivity contribution < 1.29 is 14.1 Å². The number of nitrogens with zero attached hydrogens (tertiary/aromatic N) is 2. The van der Waals surface area contributed by atoms with Gasteiger partial charge in [-0.2, -0.15) is 4.98 Å². The van der Waals surface area contributed by atoms with E-state index in [0.29, 0.717) is 18.3 Å². The minimum absolute atomic E-state index is 0.337. The molecule has 0 unspecified atom stereocenters. The van der Waals surface area contributed by atoms with Crippen LogP contribution in [0.4, 0.5) is 4.79 Å². The van der Waals surface area contributed by atoms with Crippen molar-refractivity contribution in [3.05, 3.63) is 35.2 Å². The van der Waals surface area contributed by atoms with Gasteiger partial charge in [0.25, 0.3) is 0 Å². The second kappa shape index (κ2) is 3.82. The Bertz CT molecular complexity index is 709. The number of hydrogen-bond acceptors (Lipinski definition) is 5. The van der Waals surface area contributed by atoms with Crippen molar-refractivity contribution in [3.8, 4) is 11.4 Å². The lowest BCUT2D eigenvalue weighted by atomic mass is 9.93. The van der Waals surface area contributed by atoms with Crippen LogP contribution in [0.2, 0.25) is 0 Å². The Labute approximate surface area is 115 Å². The number of fused-ring (bicyclic) bond motifs is 2. The van der Waals surface area contributed by atoms with Gasteiger partial charge in [0.15, 0.2) is 0 Å². The molecule has 1 fully saturated rings. The first-order valence-corrected chi connectivity index (χ1v) is 6.55. The molecular weight excluding hydrogens is 258 g/mol. The van der Waals surface area contributed by atoms with Gasteiger partial charge in [-0.25, -0.2) is 4.79 Å². The molecule has 1 N–H and O–H groups in total. The van der Waals surface area contributed by atoms with E-state index in [1.54, 1.807) is 6.92 Å². The Hall–Kier alpha value is -2.37. The van der Waals surface area contributed by atoms with Crippen LogP contribution in [0.1, 0.15) is 23.4 Å². The van der Waals surface area contributed by atoms with Gasteiger partial charge < -0.3 is 14.6 Å². The molecule has 1 aliphatic carbocycles. The molecule has 0 bridgehead atoms. The third kappa shape index (κ3) is 1.54. The SMILES string of the molecule is Cc1nc(-c2ccc3c(c2)CC[C@]32COC(=O)N2)no1. The van der Waals surface area contributed by atoms with E-state index in [1.165, 1.54) is 5.56 Å². The lowest BCUT2D eigenvalue weighted by molar-refractivity contribution is 0.172. The Morgan fingerprint density at radius 3 is 3.00 bits per heavy atom. The molecule has 1 spiro atoms. The fourth-order valence-electron chi connectivity index (χ4n) is 3.04. The molecule has 1 amide bonds. The minimum Gasteiger partial charge on any atom is -0.447 e. The summed E-state index contributed by atoms with van der Waals surface area (Å²) in [5.74, 6) is 1.14. The first-order valence-electron chi connectivity index (χ1n) is 6.55. The smallest absolute Gasteiger partial charge is 0.408 e. The predicted molar refractivity (Wildman–Crippen MR) is 69.0 cm³/mol. The summed E-state index contributed by atoms with van der Waals surface area (Å²) in [6.07, 6.45) is 1.43. The third-order valence-corrected chi connectivity index (χ3v) is 4.02. The molecule has 20 heavy (non-hydrogen) atoms. The van der Waals surface area contributed by atoms with Crippen LogP contribution in [0.5, 0.6) is 0 Å². The van der Waals surface area contributed by atoms with Crippen LogP contribution in [-0.2, 0) is 16.7 Å². The number of aryl methyl sites for hydroxylation is 2. The molecule has 1 aliphatic heterocycles. The fraction of sp³-hybridized carbons (Fsp3) is 0.357. The van der Waals surface area contributed by atoms with Gasteiger partial charge in [0, 0.05) is 12.5 Å². The molecular formula is C14H13N3O3.